The molecule has 1 aliphatic carbocycles. The van der Waals surface area contributed by atoms with Crippen molar-refractivity contribution < 1.29 is 18.0 Å². The van der Waals surface area contributed by atoms with Gasteiger partial charge < -0.3 is 10.2 Å². The second kappa shape index (κ2) is 13.8. The number of hydrogen-bond donors (Lipinski definition) is 1. The Morgan fingerprint density at radius 1 is 1.03 bits per heavy atom. The van der Waals surface area contributed by atoms with Crippen molar-refractivity contribution in [3.05, 3.63) is 65.2 Å². The van der Waals surface area contributed by atoms with Crippen molar-refractivity contribution in [2.75, 3.05) is 17.1 Å². The molecule has 1 atom stereocenters. The lowest BCUT2D eigenvalue weighted by molar-refractivity contribution is -0.141. The standard InChI is InChI=1S/C30H43N3O4S/c1-5-25-16-18-28(19-17-25)33(38(4,36)37)20-10-15-29(34)32(22-26-12-9-11-23(2)21-26)24(3)30(35)31-27-13-7-6-8-14-27/h9,11-12,16-19,21,24,27H,5-8,10,13-15,20,22H2,1-4H3,(H,31,35)/t24-/m0/s1. The van der Waals surface area contributed by atoms with Crippen LogP contribution in [0.5, 0.6) is 0 Å². The topological polar surface area (TPSA) is 86.8 Å². The Hall–Kier alpha value is -2.87. The van der Waals surface area contributed by atoms with Gasteiger partial charge in [0.1, 0.15) is 6.04 Å². The van der Waals surface area contributed by atoms with Crippen LogP contribution in [0.25, 0.3) is 0 Å². The predicted molar refractivity (Wildman–Crippen MR) is 153 cm³/mol. The van der Waals surface area contributed by atoms with Crippen molar-refractivity contribution in [2.45, 2.75) is 90.8 Å². The van der Waals surface area contributed by atoms with Crippen molar-refractivity contribution in [1.82, 2.24) is 10.2 Å². The highest BCUT2D eigenvalue weighted by Gasteiger charge is 2.28. The average molecular weight is 542 g/mol. The summed E-state index contributed by atoms with van der Waals surface area (Å²) in [4.78, 5) is 28.3. The third-order valence-corrected chi connectivity index (χ3v) is 8.53. The zero-order valence-corrected chi connectivity index (χ0v) is 24.1. The molecule has 38 heavy (non-hydrogen) atoms. The highest BCUT2D eigenvalue weighted by Crippen LogP contribution is 2.21. The largest absolute Gasteiger partial charge is 0.352 e. The summed E-state index contributed by atoms with van der Waals surface area (Å²) >= 11 is 0. The van der Waals surface area contributed by atoms with Gasteiger partial charge in [-0.15, -0.1) is 0 Å². The molecule has 0 radical (unpaired) electrons. The Kier molecular flexibility index (Phi) is 10.8. The van der Waals surface area contributed by atoms with Gasteiger partial charge >= 0.3 is 0 Å². The molecule has 2 amide bonds. The smallest absolute Gasteiger partial charge is 0.242 e. The minimum absolute atomic E-state index is 0.133. The molecule has 1 saturated carbocycles. The molecule has 0 aromatic heterocycles. The van der Waals surface area contributed by atoms with Crippen LogP contribution in [-0.4, -0.2) is 50.0 Å². The number of hydrogen-bond acceptors (Lipinski definition) is 4. The van der Waals surface area contributed by atoms with Gasteiger partial charge in [-0.05, 0) is 62.8 Å². The molecule has 2 aromatic carbocycles. The van der Waals surface area contributed by atoms with Crippen LogP contribution in [0.1, 0.15) is 75.5 Å². The van der Waals surface area contributed by atoms with E-state index in [4.69, 9.17) is 0 Å². The zero-order chi connectivity index (χ0) is 27.7. The van der Waals surface area contributed by atoms with E-state index in [1.165, 1.54) is 17.0 Å². The number of amides is 2. The molecule has 0 saturated heterocycles. The van der Waals surface area contributed by atoms with Gasteiger partial charge in [0.15, 0.2) is 0 Å². The van der Waals surface area contributed by atoms with Crippen LogP contribution in [0.4, 0.5) is 5.69 Å². The Balaban J connectivity index is 1.71. The summed E-state index contributed by atoms with van der Waals surface area (Å²) in [5.41, 5.74) is 3.77. The van der Waals surface area contributed by atoms with Gasteiger partial charge in [0, 0.05) is 25.6 Å². The first kappa shape index (κ1) is 29.7. The van der Waals surface area contributed by atoms with Gasteiger partial charge in [-0.2, -0.15) is 0 Å². The number of nitrogens with one attached hydrogen (secondary N) is 1. The van der Waals surface area contributed by atoms with E-state index >= 15 is 0 Å². The minimum Gasteiger partial charge on any atom is -0.352 e. The number of rotatable bonds is 12. The highest BCUT2D eigenvalue weighted by molar-refractivity contribution is 7.92. The first-order chi connectivity index (χ1) is 18.1. The summed E-state index contributed by atoms with van der Waals surface area (Å²) < 4.78 is 26.4. The SMILES string of the molecule is CCc1ccc(N(CCCC(=O)N(Cc2cccc(C)c2)[C@@H](C)C(=O)NC2CCCCC2)S(C)(=O)=O)cc1. The Morgan fingerprint density at radius 3 is 2.32 bits per heavy atom. The number of carbonyl (C=O) groups excluding carboxylic acids is 2. The van der Waals surface area contributed by atoms with Crippen LogP contribution in [-0.2, 0) is 32.6 Å². The van der Waals surface area contributed by atoms with E-state index < -0.39 is 16.1 Å². The van der Waals surface area contributed by atoms with Gasteiger partial charge in [-0.25, -0.2) is 8.42 Å². The number of benzene rings is 2. The van der Waals surface area contributed by atoms with Crippen molar-refractivity contribution >= 4 is 27.5 Å². The van der Waals surface area contributed by atoms with E-state index in [2.05, 4.69) is 5.32 Å². The molecule has 8 heteroatoms. The molecule has 0 unspecified atom stereocenters. The van der Waals surface area contributed by atoms with E-state index in [9.17, 15) is 18.0 Å². The summed E-state index contributed by atoms with van der Waals surface area (Å²) in [6.07, 6.45) is 7.94. The second-order valence-electron chi connectivity index (χ2n) is 10.5. The van der Waals surface area contributed by atoms with Gasteiger partial charge in [-0.1, -0.05) is 68.1 Å². The maximum absolute atomic E-state index is 13.5. The fraction of sp³-hybridized carbons (Fsp3) is 0.533. The number of nitrogens with zero attached hydrogens (tertiary/aromatic N) is 2. The van der Waals surface area contributed by atoms with E-state index in [0.717, 1.165) is 48.8 Å². The third-order valence-electron chi connectivity index (χ3n) is 7.34. The number of aryl methyl sites for hydroxylation is 2. The highest BCUT2D eigenvalue weighted by atomic mass is 32.2. The van der Waals surface area contributed by atoms with Crippen LogP contribution in [0.2, 0.25) is 0 Å². The maximum Gasteiger partial charge on any atom is 0.242 e. The Labute approximate surface area is 228 Å². The minimum atomic E-state index is -3.51. The van der Waals surface area contributed by atoms with E-state index in [1.807, 2.05) is 62.4 Å². The molecule has 3 rings (SSSR count). The summed E-state index contributed by atoms with van der Waals surface area (Å²) in [6.45, 7) is 6.35. The Bertz CT molecular complexity index is 1170. The monoisotopic (exact) mass is 541 g/mol. The molecule has 0 bridgehead atoms. The lowest BCUT2D eigenvalue weighted by Gasteiger charge is -2.31. The predicted octanol–water partition coefficient (Wildman–Crippen LogP) is 4.97. The molecular formula is C30H43N3O4S. The van der Waals surface area contributed by atoms with Crippen LogP contribution in [0.3, 0.4) is 0 Å². The van der Waals surface area contributed by atoms with Crippen LogP contribution in [0.15, 0.2) is 48.5 Å². The molecule has 1 fully saturated rings. The third kappa shape index (κ3) is 8.58. The normalized spacial score (nSPS) is 15.1. The molecule has 1 N–H and O–H groups in total. The number of anilines is 1. The Morgan fingerprint density at radius 2 is 1.71 bits per heavy atom. The number of sulfonamides is 1. The first-order valence-corrected chi connectivity index (χ1v) is 15.7. The second-order valence-corrected chi connectivity index (χ2v) is 12.4. The fourth-order valence-electron chi connectivity index (χ4n) is 5.06. The zero-order valence-electron chi connectivity index (χ0n) is 23.3. The molecule has 208 valence electrons. The van der Waals surface area contributed by atoms with Crippen LogP contribution < -0.4 is 9.62 Å². The van der Waals surface area contributed by atoms with Gasteiger partial charge in [0.2, 0.25) is 21.8 Å². The quantitative estimate of drug-likeness (QED) is 0.411. The van der Waals surface area contributed by atoms with Crippen LogP contribution in [0, 0.1) is 6.92 Å². The molecular weight excluding hydrogens is 498 g/mol. The summed E-state index contributed by atoms with van der Waals surface area (Å²) in [7, 11) is -3.51. The van der Waals surface area contributed by atoms with E-state index in [1.54, 1.807) is 11.8 Å². The summed E-state index contributed by atoms with van der Waals surface area (Å²) in [6, 6.07) is 14.9. The fourth-order valence-corrected chi connectivity index (χ4v) is 6.03. The lowest BCUT2D eigenvalue weighted by Crippen LogP contribution is -2.50. The molecule has 0 spiro atoms. The van der Waals surface area contributed by atoms with E-state index in [0.29, 0.717) is 18.7 Å². The van der Waals surface area contributed by atoms with Crippen molar-refractivity contribution in [3.63, 3.8) is 0 Å². The van der Waals surface area contributed by atoms with Crippen molar-refractivity contribution in [3.8, 4) is 0 Å². The lowest BCUT2D eigenvalue weighted by atomic mass is 9.95. The number of carbonyl (C=O) groups is 2. The van der Waals surface area contributed by atoms with E-state index in [-0.39, 0.29) is 30.8 Å². The van der Waals surface area contributed by atoms with Gasteiger partial charge in [-0.3, -0.25) is 13.9 Å². The molecule has 2 aromatic rings. The molecule has 0 aliphatic heterocycles. The van der Waals surface area contributed by atoms with Crippen molar-refractivity contribution in [1.29, 1.82) is 0 Å². The molecule has 7 nitrogen and oxygen atoms in total. The van der Waals surface area contributed by atoms with Crippen LogP contribution >= 0.6 is 0 Å². The average Bonchev–Trinajstić information content (AvgIpc) is 2.89. The van der Waals surface area contributed by atoms with Crippen molar-refractivity contribution in [2.24, 2.45) is 0 Å². The van der Waals surface area contributed by atoms with Gasteiger partial charge in [0.05, 0.1) is 11.9 Å². The maximum atomic E-state index is 13.5. The molecule has 1 aliphatic rings. The van der Waals surface area contributed by atoms with Gasteiger partial charge in [0.25, 0.3) is 0 Å². The summed E-state index contributed by atoms with van der Waals surface area (Å²) in [5.74, 6) is -0.292. The first-order valence-electron chi connectivity index (χ1n) is 13.8. The molecule has 0 heterocycles. The summed E-state index contributed by atoms with van der Waals surface area (Å²) in [5, 5.41) is 3.16.